The van der Waals surface area contributed by atoms with E-state index in [2.05, 4.69) is 15.2 Å². The number of halogens is 3. The molecule has 3 aromatic rings. The Labute approximate surface area is 200 Å². The molecule has 0 aliphatic heterocycles. The van der Waals surface area contributed by atoms with E-state index in [9.17, 15) is 13.2 Å². The van der Waals surface area contributed by atoms with Crippen LogP contribution < -0.4 is 16.4 Å². The summed E-state index contributed by atoms with van der Waals surface area (Å²) in [5, 5.41) is 9.09. The third-order valence-electron chi connectivity index (χ3n) is 4.89. The van der Waals surface area contributed by atoms with Gasteiger partial charge in [0.25, 0.3) is 0 Å². The number of hydrogen-bond donors (Lipinski definition) is 2. The highest BCUT2D eigenvalue weighted by Crippen LogP contribution is 2.29. The van der Waals surface area contributed by atoms with Crippen LogP contribution in [0, 0.1) is 0 Å². The summed E-state index contributed by atoms with van der Waals surface area (Å²) < 4.78 is 43.5. The number of hydrazone groups is 1. The largest absolute Gasteiger partial charge is 0.469 e. The minimum absolute atomic E-state index is 0.0233. The molecule has 0 saturated heterocycles. The van der Waals surface area contributed by atoms with E-state index in [4.69, 9.17) is 21.3 Å². The Morgan fingerprint density at radius 2 is 1.71 bits per heavy atom. The summed E-state index contributed by atoms with van der Waals surface area (Å²) in [6.45, 7) is 2.19. The number of aromatic nitrogens is 1. The van der Waals surface area contributed by atoms with Crippen LogP contribution in [0.4, 0.5) is 13.2 Å². The lowest BCUT2D eigenvalue weighted by Crippen LogP contribution is -2.40. The van der Waals surface area contributed by atoms with Crippen molar-refractivity contribution in [1.29, 1.82) is 0 Å². The molecule has 0 spiro atoms. The average Bonchev–Trinajstić information content (AvgIpc) is 2.85. The quantitative estimate of drug-likeness (QED) is 0.204. The molecule has 2 aromatic carbocycles. The molecular weight excluding hydrogens is 461 g/mol. The van der Waals surface area contributed by atoms with Gasteiger partial charge in [0.05, 0.1) is 17.8 Å². The predicted octanol–water partition coefficient (Wildman–Crippen LogP) is 4.07. The monoisotopic (exact) mass is 486 g/mol. The Hall–Kier alpha value is -4.12. The molecule has 0 radical (unpaired) electrons. The average molecular weight is 486 g/mol. The second-order valence-electron chi connectivity index (χ2n) is 7.48. The summed E-state index contributed by atoms with van der Waals surface area (Å²) in [6.07, 6.45) is -2.82. The molecule has 8 nitrogen and oxygen atoms in total. The molecule has 1 aromatic heterocycles. The van der Waals surface area contributed by atoms with Gasteiger partial charge < -0.3 is 15.4 Å². The molecule has 0 atom stereocenters. The molecule has 1 heterocycles. The van der Waals surface area contributed by atoms with E-state index in [1.165, 1.54) is 17.1 Å². The summed E-state index contributed by atoms with van der Waals surface area (Å²) >= 11 is 0. The predicted molar refractivity (Wildman–Crippen MR) is 126 cm³/mol. The van der Waals surface area contributed by atoms with Gasteiger partial charge in [0.15, 0.2) is 12.4 Å². The molecule has 0 fully saturated rings. The summed E-state index contributed by atoms with van der Waals surface area (Å²) in [5.41, 5.74) is 2.07. The highest BCUT2D eigenvalue weighted by Gasteiger charge is 2.29. The fraction of sp³-hybridized carbons (Fsp3) is 0.208. The van der Waals surface area contributed by atoms with Crippen LogP contribution in [0.1, 0.15) is 29.2 Å². The molecule has 0 amide bonds. The second-order valence-corrected chi connectivity index (χ2v) is 7.48. The zero-order chi connectivity index (χ0) is 25.3. The lowest BCUT2D eigenvalue weighted by atomic mass is 10.1. The van der Waals surface area contributed by atoms with Crippen molar-refractivity contribution in [3.63, 3.8) is 0 Å². The van der Waals surface area contributed by atoms with Crippen molar-refractivity contribution < 1.29 is 22.7 Å². The van der Waals surface area contributed by atoms with Gasteiger partial charge in [-0.05, 0) is 36.2 Å². The third kappa shape index (κ3) is 7.71. The van der Waals surface area contributed by atoms with Crippen LogP contribution in [0.5, 0.6) is 5.88 Å². The van der Waals surface area contributed by atoms with Crippen molar-refractivity contribution in [3.8, 4) is 5.88 Å². The molecule has 184 valence electrons. The van der Waals surface area contributed by atoms with Gasteiger partial charge in [-0.15, -0.1) is 0 Å². The van der Waals surface area contributed by atoms with Gasteiger partial charge in [-0.3, -0.25) is 5.01 Å². The minimum Gasteiger partial charge on any atom is -0.469 e. The Morgan fingerprint density at radius 1 is 1.00 bits per heavy atom. The van der Waals surface area contributed by atoms with Crippen molar-refractivity contribution in [2.45, 2.75) is 26.3 Å². The SMILES string of the molecule is C/C(=N\OCc1ccc(C(F)(F)F)cc1)c1ccc(OC/C(=N/N)N(N)Cc2ccccc2)nc1. The van der Waals surface area contributed by atoms with Gasteiger partial charge in [-0.2, -0.15) is 18.3 Å². The Balaban J connectivity index is 1.49. The van der Waals surface area contributed by atoms with Crippen molar-refractivity contribution in [2.24, 2.45) is 21.9 Å². The molecule has 0 aliphatic rings. The number of benzene rings is 2. The van der Waals surface area contributed by atoms with E-state index < -0.39 is 11.7 Å². The van der Waals surface area contributed by atoms with Crippen LogP contribution in [0.3, 0.4) is 0 Å². The molecule has 11 heteroatoms. The van der Waals surface area contributed by atoms with Crippen LogP contribution >= 0.6 is 0 Å². The number of amidine groups is 1. The maximum atomic E-state index is 12.6. The summed E-state index contributed by atoms with van der Waals surface area (Å²) in [5.74, 6) is 12.2. The maximum Gasteiger partial charge on any atom is 0.416 e. The van der Waals surface area contributed by atoms with Crippen LogP contribution in [0.15, 0.2) is 83.2 Å². The van der Waals surface area contributed by atoms with Gasteiger partial charge in [-0.1, -0.05) is 47.6 Å². The number of alkyl halides is 3. The van der Waals surface area contributed by atoms with Gasteiger partial charge in [0, 0.05) is 17.8 Å². The highest BCUT2D eigenvalue weighted by molar-refractivity contribution is 5.98. The zero-order valence-electron chi connectivity index (χ0n) is 18.9. The number of pyridine rings is 1. The van der Waals surface area contributed by atoms with Crippen molar-refractivity contribution in [1.82, 2.24) is 9.99 Å². The Kier molecular flexibility index (Phi) is 8.63. The normalized spacial score (nSPS) is 12.4. The zero-order valence-corrected chi connectivity index (χ0v) is 18.9. The number of hydrogen-bond acceptors (Lipinski definition) is 7. The van der Waals surface area contributed by atoms with E-state index in [1.54, 1.807) is 25.3 Å². The number of hydrazine groups is 1. The fourth-order valence-corrected chi connectivity index (χ4v) is 2.93. The standard InChI is InChI=1S/C24H25F3N6O2/c1-17(32-35-15-19-7-10-21(11-8-19)24(25,26)27)20-9-12-23(30-13-20)34-16-22(31-28)33(29)14-18-5-3-2-4-6-18/h2-13H,14-16,28-29H2,1H3/b31-22-,32-17+. The Bertz CT molecular complexity index is 1130. The van der Waals surface area contributed by atoms with E-state index >= 15 is 0 Å². The van der Waals surface area contributed by atoms with Gasteiger partial charge >= 0.3 is 6.18 Å². The molecular formula is C24H25F3N6O2. The molecule has 0 unspecified atom stereocenters. The summed E-state index contributed by atoms with van der Waals surface area (Å²) in [7, 11) is 0. The van der Waals surface area contributed by atoms with Crippen LogP contribution in [-0.4, -0.2) is 28.1 Å². The third-order valence-corrected chi connectivity index (χ3v) is 4.89. The topological polar surface area (TPSA) is 111 Å². The Morgan fingerprint density at radius 3 is 2.31 bits per heavy atom. The summed E-state index contributed by atoms with van der Waals surface area (Å²) in [6, 6.07) is 17.7. The van der Waals surface area contributed by atoms with Crippen molar-refractivity contribution in [3.05, 3.63) is 95.2 Å². The first-order chi connectivity index (χ1) is 16.8. The second kappa shape index (κ2) is 11.8. The number of nitrogens with two attached hydrogens (primary N) is 2. The van der Waals surface area contributed by atoms with Gasteiger partial charge in [-0.25, -0.2) is 10.8 Å². The van der Waals surface area contributed by atoms with E-state index in [0.717, 1.165) is 17.7 Å². The smallest absolute Gasteiger partial charge is 0.416 e. The number of oxime groups is 1. The van der Waals surface area contributed by atoms with Crippen LogP contribution in [0.25, 0.3) is 0 Å². The molecule has 3 rings (SSSR count). The first kappa shape index (κ1) is 25.5. The number of nitrogens with zero attached hydrogens (tertiary/aromatic N) is 4. The number of ether oxygens (including phenoxy) is 1. The molecule has 0 bridgehead atoms. The lowest BCUT2D eigenvalue weighted by Gasteiger charge is -2.20. The molecule has 4 N–H and O–H groups in total. The van der Waals surface area contributed by atoms with Crippen LogP contribution in [0.2, 0.25) is 0 Å². The van der Waals surface area contributed by atoms with Gasteiger partial charge in [0.1, 0.15) is 6.61 Å². The molecule has 0 saturated carbocycles. The van der Waals surface area contributed by atoms with E-state index in [1.807, 2.05) is 30.3 Å². The lowest BCUT2D eigenvalue weighted by molar-refractivity contribution is -0.137. The van der Waals surface area contributed by atoms with Crippen molar-refractivity contribution in [2.75, 3.05) is 6.61 Å². The fourth-order valence-electron chi connectivity index (χ4n) is 2.93. The first-order valence-corrected chi connectivity index (χ1v) is 10.5. The first-order valence-electron chi connectivity index (χ1n) is 10.5. The van der Waals surface area contributed by atoms with Gasteiger partial charge in [0.2, 0.25) is 5.88 Å². The van der Waals surface area contributed by atoms with Crippen LogP contribution in [-0.2, 0) is 24.2 Å². The minimum atomic E-state index is -4.37. The van der Waals surface area contributed by atoms with Crippen molar-refractivity contribution >= 4 is 11.5 Å². The molecule has 35 heavy (non-hydrogen) atoms. The number of rotatable bonds is 9. The maximum absolute atomic E-state index is 12.6. The van der Waals surface area contributed by atoms with E-state index in [0.29, 0.717) is 35.1 Å². The highest BCUT2D eigenvalue weighted by atomic mass is 19.4. The molecule has 0 aliphatic carbocycles. The van der Waals surface area contributed by atoms with E-state index in [-0.39, 0.29) is 13.2 Å². The summed E-state index contributed by atoms with van der Waals surface area (Å²) in [4.78, 5) is 9.49.